The highest BCUT2D eigenvalue weighted by molar-refractivity contribution is 14.0. The predicted molar refractivity (Wildman–Crippen MR) is 128 cm³/mol. The molecule has 0 atom stereocenters. The SMILES string of the molecule is COc1ccc(CNC(N)=NCc2ccc(Oc3cccnc3)c(F)c2)cc1OC.I. The lowest BCUT2D eigenvalue weighted by Gasteiger charge is -2.11. The minimum Gasteiger partial charge on any atom is -0.493 e. The van der Waals surface area contributed by atoms with E-state index in [1.807, 2.05) is 18.2 Å². The summed E-state index contributed by atoms with van der Waals surface area (Å²) in [6.07, 6.45) is 3.14. The number of halogens is 2. The first-order valence-corrected chi connectivity index (χ1v) is 9.20. The number of pyridine rings is 1. The van der Waals surface area contributed by atoms with Crippen molar-refractivity contribution in [2.45, 2.75) is 13.1 Å². The van der Waals surface area contributed by atoms with E-state index in [1.165, 1.54) is 12.3 Å². The van der Waals surface area contributed by atoms with Gasteiger partial charge in [-0.25, -0.2) is 9.38 Å². The normalized spacial score (nSPS) is 10.7. The lowest BCUT2D eigenvalue weighted by Crippen LogP contribution is -2.31. The van der Waals surface area contributed by atoms with Gasteiger partial charge < -0.3 is 25.3 Å². The molecule has 0 aliphatic carbocycles. The zero-order chi connectivity index (χ0) is 21.3. The summed E-state index contributed by atoms with van der Waals surface area (Å²) in [5, 5.41) is 3.02. The molecule has 0 spiro atoms. The van der Waals surface area contributed by atoms with E-state index in [1.54, 1.807) is 44.7 Å². The van der Waals surface area contributed by atoms with Crippen molar-refractivity contribution < 1.29 is 18.6 Å². The zero-order valence-electron chi connectivity index (χ0n) is 17.2. The van der Waals surface area contributed by atoms with Crippen LogP contribution in [0.3, 0.4) is 0 Å². The highest BCUT2D eigenvalue weighted by atomic mass is 127. The molecular formula is C22H24FIN4O3. The van der Waals surface area contributed by atoms with Crippen LogP contribution >= 0.6 is 24.0 Å². The van der Waals surface area contributed by atoms with Gasteiger partial charge in [0.15, 0.2) is 29.0 Å². The molecule has 0 aliphatic rings. The lowest BCUT2D eigenvalue weighted by molar-refractivity contribution is 0.354. The van der Waals surface area contributed by atoms with Crippen LogP contribution in [0.15, 0.2) is 65.9 Å². The minimum absolute atomic E-state index is 0. The van der Waals surface area contributed by atoms with E-state index < -0.39 is 5.82 Å². The van der Waals surface area contributed by atoms with Gasteiger partial charge >= 0.3 is 0 Å². The summed E-state index contributed by atoms with van der Waals surface area (Å²) in [4.78, 5) is 8.19. The third-order valence-corrected chi connectivity index (χ3v) is 4.21. The molecule has 0 saturated heterocycles. The maximum absolute atomic E-state index is 14.3. The molecular weight excluding hydrogens is 514 g/mol. The molecule has 3 rings (SSSR count). The molecule has 31 heavy (non-hydrogen) atoms. The van der Waals surface area contributed by atoms with E-state index >= 15 is 0 Å². The lowest BCUT2D eigenvalue weighted by atomic mass is 10.2. The average Bonchev–Trinajstić information content (AvgIpc) is 2.78. The van der Waals surface area contributed by atoms with Gasteiger partial charge in [-0.05, 0) is 47.5 Å². The Morgan fingerprint density at radius 3 is 2.45 bits per heavy atom. The van der Waals surface area contributed by atoms with Crippen LogP contribution in [0.1, 0.15) is 11.1 Å². The van der Waals surface area contributed by atoms with Crippen molar-refractivity contribution in [1.82, 2.24) is 10.3 Å². The second kappa shape index (κ2) is 11.9. The van der Waals surface area contributed by atoms with Crippen molar-refractivity contribution in [3.8, 4) is 23.0 Å². The van der Waals surface area contributed by atoms with Crippen molar-refractivity contribution in [2.24, 2.45) is 10.7 Å². The number of aliphatic imine (C=N–C) groups is 1. The number of nitrogens with one attached hydrogen (secondary N) is 1. The Labute approximate surface area is 197 Å². The van der Waals surface area contributed by atoms with E-state index in [0.717, 1.165) is 5.56 Å². The molecule has 0 unspecified atom stereocenters. The molecule has 2 aromatic carbocycles. The Morgan fingerprint density at radius 2 is 1.77 bits per heavy atom. The number of nitrogens with two attached hydrogens (primary N) is 1. The molecule has 3 aromatic rings. The molecule has 164 valence electrons. The summed E-state index contributed by atoms with van der Waals surface area (Å²) in [6.45, 7) is 0.691. The Bertz CT molecular complexity index is 1020. The number of hydrogen-bond acceptors (Lipinski definition) is 5. The maximum Gasteiger partial charge on any atom is 0.189 e. The number of nitrogens with zero attached hydrogens (tertiary/aromatic N) is 2. The fourth-order valence-corrected chi connectivity index (χ4v) is 2.68. The molecule has 1 heterocycles. The molecule has 0 aliphatic heterocycles. The van der Waals surface area contributed by atoms with Crippen LogP contribution in [0.5, 0.6) is 23.0 Å². The number of methoxy groups -OCH3 is 2. The number of rotatable bonds is 8. The minimum atomic E-state index is -0.483. The molecule has 0 fully saturated rings. The van der Waals surface area contributed by atoms with E-state index in [4.69, 9.17) is 19.9 Å². The number of aromatic nitrogens is 1. The van der Waals surface area contributed by atoms with E-state index in [2.05, 4.69) is 15.3 Å². The van der Waals surface area contributed by atoms with Gasteiger partial charge in [0.2, 0.25) is 0 Å². The number of ether oxygens (including phenoxy) is 3. The van der Waals surface area contributed by atoms with Gasteiger partial charge in [0.1, 0.15) is 5.75 Å². The van der Waals surface area contributed by atoms with Gasteiger partial charge in [-0.3, -0.25) is 4.98 Å². The number of guanidine groups is 1. The summed E-state index contributed by atoms with van der Waals surface area (Å²) in [7, 11) is 3.16. The third kappa shape index (κ3) is 6.99. The highest BCUT2D eigenvalue weighted by Gasteiger charge is 2.07. The average molecular weight is 538 g/mol. The van der Waals surface area contributed by atoms with E-state index in [0.29, 0.717) is 29.4 Å². The van der Waals surface area contributed by atoms with Crippen LogP contribution in [0.4, 0.5) is 4.39 Å². The van der Waals surface area contributed by atoms with Crippen LogP contribution in [0.25, 0.3) is 0 Å². The van der Waals surface area contributed by atoms with Crippen molar-refractivity contribution in [3.05, 3.63) is 77.9 Å². The topological polar surface area (TPSA) is 91.0 Å². The van der Waals surface area contributed by atoms with Gasteiger partial charge in [-0.2, -0.15) is 0 Å². The van der Waals surface area contributed by atoms with Crippen LogP contribution < -0.4 is 25.3 Å². The molecule has 0 bridgehead atoms. The molecule has 1 aromatic heterocycles. The maximum atomic E-state index is 14.3. The Balaban J connectivity index is 0.00000341. The van der Waals surface area contributed by atoms with Gasteiger partial charge in [-0.1, -0.05) is 12.1 Å². The van der Waals surface area contributed by atoms with Crippen molar-refractivity contribution in [3.63, 3.8) is 0 Å². The van der Waals surface area contributed by atoms with Crippen LogP contribution in [0.2, 0.25) is 0 Å². The quantitative estimate of drug-likeness (QED) is 0.253. The van der Waals surface area contributed by atoms with Crippen LogP contribution in [-0.4, -0.2) is 25.2 Å². The summed E-state index contributed by atoms with van der Waals surface area (Å²) < 4.78 is 30.3. The Morgan fingerprint density at radius 1 is 1.03 bits per heavy atom. The first kappa shape index (κ1) is 24.2. The fourth-order valence-electron chi connectivity index (χ4n) is 2.68. The first-order chi connectivity index (χ1) is 14.6. The van der Waals surface area contributed by atoms with Gasteiger partial charge in [0.05, 0.1) is 27.0 Å². The molecule has 0 radical (unpaired) electrons. The van der Waals surface area contributed by atoms with Crippen molar-refractivity contribution in [2.75, 3.05) is 14.2 Å². The predicted octanol–water partition coefficient (Wildman–Crippen LogP) is 4.25. The van der Waals surface area contributed by atoms with Gasteiger partial charge in [0.25, 0.3) is 0 Å². The fraction of sp³-hybridized carbons (Fsp3) is 0.182. The Kier molecular flexibility index (Phi) is 9.32. The molecule has 0 saturated carbocycles. The summed E-state index contributed by atoms with van der Waals surface area (Å²) >= 11 is 0. The summed E-state index contributed by atoms with van der Waals surface area (Å²) in [5.41, 5.74) is 7.54. The monoisotopic (exact) mass is 538 g/mol. The van der Waals surface area contributed by atoms with Gasteiger partial charge in [0, 0.05) is 12.7 Å². The molecule has 9 heteroatoms. The zero-order valence-corrected chi connectivity index (χ0v) is 19.5. The van der Waals surface area contributed by atoms with E-state index in [9.17, 15) is 4.39 Å². The summed E-state index contributed by atoms with van der Waals surface area (Å²) in [5.74, 6) is 1.64. The second-order valence-corrected chi connectivity index (χ2v) is 6.30. The van der Waals surface area contributed by atoms with Crippen molar-refractivity contribution in [1.29, 1.82) is 0 Å². The highest BCUT2D eigenvalue weighted by Crippen LogP contribution is 2.27. The summed E-state index contributed by atoms with van der Waals surface area (Å²) in [6, 6.07) is 13.7. The smallest absolute Gasteiger partial charge is 0.189 e. The Hall–Kier alpha value is -3.08. The van der Waals surface area contributed by atoms with E-state index in [-0.39, 0.29) is 42.2 Å². The molecule has 7 nitrogen and oxygen atoms in total. The number of benzene rings is 2. The number of hydrogen-bond donors (Lipinski definition) is 2. The molecule has 0 amide bonds. The first-order valence-electron chi connectivity index (χ1n) is 9.20. The van der Waals surface area contributed by atoms with Crippen LogP contribution in [0, 0.1) is 5.82 Å². The van der Waals surface area contributed by atoms with Gasteiger partial charge in [-0.15, -0.1) is 24.0 Å². The molecule has 3 N–H and O–H groups in total. The third-order valence-electron chi connectivity index (χ3n) is 4.21. The largest absolute Gasteiger partial charge is 0.493 e. The second-order valence-electron chi connectivity index (χ2n) is 6.30. The van der Waals surface area contributed by atoms with Crippen LogP contribution in [-0.2, 0) is 13.1 Å². The van der Waals surface area contributed by atoms with Crippen molar-refractivity contribution >= 4 is 29.9 Å². The standard InChI is InChI=1S/C22H23FN4O3.HI/c1-28-20-8-6-16(11-21(20)29-2)13-27-22(24)26-12-15-5-7-19(18(23)10-15)30-17-4-3-9-25-14-17;/h3-11,14H,12-13H2,1-2H3,(H3,24,26,27);1H.